The summed E-state index contributed by atoms with van der Waals surface area (Å²) in [5, 5.41) is 15.7. The van der Waals surface area contributed by atoms with Crippen LogP contribution in [0.15, 0.2) is 30.7 Å². The SMILES string of the molecule is C=c1nc(C)n(C(C)C)/c1=C/C(=C\C)c1cc(Nc2ncc(CN3CCC(O)CC3)cn2)ncc1P. The van der Waals surface area contributed by atoms with Crippen LogP contribution in [0.25, 0.3) is 18.2 Å². The van der Waals surface area contributed by atoms with Crippen molar-refractivity contribution < 1.29 is 5.11 Å². The normalized spacial score (nSPS) is 16.2. The average molecular weight is 506 g/mol. The molecule has 1 fully saturated rings. The number of nitrogens with zero attached hydrogens (tertiary/aromatic N) is 6. The van der Waals surface area contributed by atoms with Crippen LogP contribution in [0.5, 0.6) is 0 Å². The van der Waals surface area contributed by atoms with Gasteiger partial charge in [0, 0.05) is 49.8 Å². The Hall–Kier alpha value is -2.93. The standard InChI is InChI=1S/C27H36N7OP/c1-6-21(11-24-18(4)31-19(5)34(24)17(2)3)23-12-26(28-15-25(23)36)32-27-29-13-20(14-30-27)16-33-9-7-22(35)8-10-33/h6,11-15,17,22,35H,4,7-10,16,36H2,1-3,5H3,(H,28,29,30,32)/b21-6+,24-11+. The van der Waals surface area contributed by atoms with Gasteiger partial charge in [0.2, 0.25) is 5.95 Å². The second-order valence-corrected chi connectivity index (χ2v) is 10.2. The van der Waals surface area contributed by atoms with E-state index in [-0.39, 0.29) is 12.1 Å². The molecule has 2 N–H and O–H groups in total. The molecule has 1 aliphatic heterocycles. The fourth-order valence-electron chi connectivity index (χ4n) is 4.62. The van der Waals surface area contributed by atoms with Crippen molar-refractivity contribution in [1.29, 1.82) is 0 Å². The minimum Gasteiger partial charge on any atom is -0.393 e. The first-order valence-electron chi connectivity index (χ1n) is 12.4. The lowest BCUT2D eigenvalue weighted by Crippen LogP contribution is -2.35. The lowest BCUT2D eigenvalue weighted by Gasteiger charge is -2.29. The molecule has 0 aromatic carbocycles. The Morgan fingerprint density at radius 2 is 1.92 bits per heavy atom. The van der Waals surface area contributed by atoms with E-state index in [9.17, 15) is 5.11 Å². The van der Waals surface area contributed by atoms with E-state index in [4.69, 9.17) is 0 Å². The zero-order valence-electron chi connectivity index (χ0n) is 21.6. The van der Waals surface area contributed by atoms with Crippen LogP contribution >= 0.6 is 9.24 Å². The molecule has 1 atom stereocenters. The van der Waals surface area contributed by atoms with Crippen molar-refractivity contribution in [3.8, 4) is 0 Å². The van der Waals surface area contributed by atoms with E-state index < -0.39 is 0 Å². The summed E-state index contributed by atoms with van der Waals surface area (Å²) in [7, 11) is 2.77. The van der Waals surface area contributed by atoms with Gasteiger partial charge in [0.15, 0.2) is 0 Å². The molecular weight excluding hydrogens is 469 g/mol. The second kappa shape index (κ2) is 11.4. The second-order valence-electron chi connectivity index (χ2n) is 9.55. The maximum Gasteiger partial charge on any atom is 0.228 e. The molecular formula is C27H36N7OP. The van der Waals surface area contributed by atoms with Gasteiger partial charge in [-0.3, -0.25) is 4.90 Å². The lowest BCUT2D eigenvalue weighted by molar-refractivity contribution is 0.0791. The van der Waals surface area contributed by atoms with Crippen molar-refractivity contribution in [2.75, 3.05) is 18.4 Å². The highest BCUT2D eigenvalue weighted by Crippen LogP contribution is 2.21. The number of imidazole rings is 1. The molecule has 0 bridgehead atoms. The van der Waals surface area contributed by atoms with Crippen LogP contribution in [0.2, 0.25) is 0 Å². The summed E-state index contributed by atoms with van der Waals surface area (Å²) in [5.74, 6) is 2.13. The number of aromatic nitrogens is 5. The molecule has 8 nitrogen and oxygen atoms in total. The van der Waals surface area contributed by atoms with E-state index in [2.05, 4.69) is 76.5 Å². The predicted molar refractivity (Wildman–Crippen MR) is 150 cm³/mol. The summed E-state index contributed by atoms with van der Waals surface area (Å²) in [5.41, 5.74) is 3.15. The van der Waals surface area contributed by atoms with Gasteiger partial charge < -0.3 is 15.0 Å². The van der Waals surface area contributed by atoms with Gasteiger partial charge in [-0.2, -0.15) is 0 Å². The Morgan fingerprint density at radius 3 is 2.56 bits per heavy atom. The monoisotopic (exact) mass is 505 g/mol. The Morgan fingerprint density at radius 1 is 1.22 bits per heavy atom. The van der Waals surface area contributed by atoms with Crippen molar-refractivity contribution in [1.82, 2.24) is 29.4 Å². The number of allylic oxidation sites excluding steroid dienone is 2. The van der Waals surface area contributed by atoms with Gasteiger partial charge in [-0.1, -0.05) is 12.7 Å². The maximum absolute atomic E-state index is 9.70. The number of hydrogen-bond acceptors (Lipinski definition) is 7. The Balaban J connectivity index is 1.54. The minimum absolute atomic E-state index is 0.169. The highest BCUT2D eigenvalue weighted by atomic mass is 31.0. The van der Waals surface area contributed by atoms with Gasteiger partial charge in [0.05, 0.1) is 16.8 Å². The first kappa shape index (κ1) is 26.1. The van der Waals surface area contributed by atoms with Crippen molar-refractivity contribution in [3.05, 3.63) is 58.4 Å². The number of likely N-dealkylation sites (tertiary alicyclic amines) is 1. The van der Waals surface area contributed by atoms with Gasteiger partial charge in [-0.25, -0.2) is 19.9 Å². The van der Waals surface area contributed by atoms with E-state index >= 15 is 0 Å². The van der Waals surface area contributed by atoms with Crippen molar-refractivity contribution in [3.63, 3.8) is 0 Å². The molecule has 3 aromatic rings. The molecule has 190 valence electrons. The molecule has 4 heterocycles. The van der Waals surface area contributed by atoms with Gasteiger partial charge in [-0.05, 0) is 69.1 Å². The molecule has 3 aromatic heterocycles. The van der Waals surface area contributed by atoms with Crippen LogP contribution in [-0.2, 0) is 6.54 Å². The number of pyridine rings is 1. The van der Waals surface area contributed by atoms with Crippen molar-refractivity contribution in [2.45, 2.75) is 59.2 Å². The van der Waals surface area contributed by atoms with E-state index in [1.807, 2.05) is 38.5 Å². The number of rotatable bonds is 7. The minimum atomic E-state index is -0.169. The van der Waals surface area contributed by atoms with Gasteiger partial charge in [0.1, 0.15) is 11.6 Å². The summed E-state index contributed by atoms with van der Waals surface area (Å²) < 4.78 is 2.20. The van der Waals surface area contributed by atoms with Crippen molar-refractivity contribution >= 4 is 44.5 Å². The molecule has 36 heavy (non-hydrogen) atoms. The van der Waals surface area contributed by atoms with Gasteiger partial charge >= 0.3 is 0 Å². The van der Waals surface area contributed by atoms with E-state index in [1.165, 1.54) is 0 Å². The molecule has 0 spiro atoms. The van der Waals surface area contributed by atoms with Crippen LogP contribution < -0.4 is 21.3 Å². The van der Waals surface area contributed by atoms with Crippen LogP contribution in [0.4, 0.5) is 11.8 Å². The number of hydrogen-bond donors (Lipinski definition) is 2. The van der Waals surface area contributed by atoms with Crippen LogP contribution in [0.3, 0.4) is 0 Å². The van der Waals surface area contributed by atoms with Gasteiger partial charge in [0.25, 0.3) is 0 Å². The van der Waals surface area contributed by atoms with Crippen LogP contribution in [-0.4, -0.2) is 53.7 Å². The number of aliphatic hydroxyl groups excluding tert-OH is 1. The number of nitrogens with one attached hydrogen (secondary N) is 1. The number of piperidine rings is 1. The quantitative estimate of drug-likeness (QED) is 0.477. The molecule has 0 radical (unpaired) electrons. The molecule has 1 aliphatic rings. The third-order valence-electron chi connectivity index (χ3n) is 6.47. The summed E-state index contributed by atoms with van der Waals surface area (Å²) in [6.45, 7) is 15.1. The number of anilines is 2. The van der Waals surface area contributed by atoms with E-state index in [0.29, 0.717) is 11.8 Å². The number of aryl methyl sites for hydroxylation is 1. The lowest BCUT2D eigenvalue weighted by atomic mass is 10.1. The zero-order valence-corrected chi connectivity index (χ0v) is 22.7. The fourth-order valence-corrected chi connectivity index (χ4v) is 4.95. The fraction of sp³-hybridized carbons (Fsp3) is 0.407. The van der Waals surface area contributed by atoms with E-state index in [1.54, 1.807) is 0 Å². The Labute approximate surface area is 215 Å². The first-order valence-corrected chi connectivity index (χ1v) is 13.0. The summed E-state index contributed by atoms with van der Waals surface area (Å²) >= 11 is 0. The van der Waals surface area contributed by atoms with E-state index in [0.717, 1.165) is 71.0 Å². The summed E-state index contributed by atoms with van der Waals surface area (Å²) in [6, 6.07) is 2.29. The highest BCUT2D eigenvalue weighted by Gasteiger charge is 2.17. The molecule has 0 saturated carbocycles. The highest BCUT2D eigenvalue weighted by molar-refractivity contribution is 7.27. The third kappa shape index (κ3) is 6.06. The average Bonchev–Trinajstić information content (AvgIpc) is 3.14. The molecule has 0 amide bonds. The number of aliphatic hydroxyl groups is 1. The van der Waals surface area contributed by atoms with Crippen LogP contribution in [0.1, 0.15) is 56.6 Å². The predicted octanol–water partition coefficient (Wildman–Crippen LogP) is 2.45. The molecule has 9 heteroatoms. The topological polar surface area (TPSA) is 92.0 Å². The smallest absolute Gasteiger partial charge is 0.228 e. The van der Waals surface area contributed by atoms with Gasteiger partial charge in [-0.15, -0.1) is 9.24 Å². The molecule has 0 aliphatic carbocycles. The largest absolute Gasteiger partial charge is 0.393 e. The maximum atomic E-state index is 9.70. The van der Waals surface area contributed by atoms with Crippen molar-refractivity contribution in [2.24, 2.45) is 0 Å². The summed E-state index contributed by atoms with van der Waals surface area (Å²) in [4.78, 5) is 20.4. The third-order valence-corrected chi connectivity index (χ3v) is 6.93. The zero-order chi connectivity index (χ0) is 25.8. The summed E-state index contributed by atoms with van der Waals surface area (Å²) in [6.07, 6.45) is 11.2. The van der Waals surface area contributed by atoms with Crippen LogP contribution in [0, 0.1) is 6.92 Å². The first-order chi connectivity index (χ1) is 17.2. The Kier molecular flexibility index (Phi) is 8.29. The molecule has 1 unspecified atom stereocenters. The molecule has 4 rings (SSSR count). The molecule has 1 saturated heterocycles. The Bertz CT molecular complexity index is 1340.